The Balaban J connectivity index is 1.99. The second-order valence-electron chi connectivity index (χ2n) is 5.20. The Kier molecular flexibility index (Phi) is 7.08. The third kappa shape index (κ3) is 5.72. The van der Waals surface area contributed by atoms with E-state index in [0.29, 0.717) is 6.61 Å². The van der Waals surface area contributed by atoms with Crippen LogP contribution < -0.4 is 5.32 Å². The molecule has 120 valence electrons. The van der Waals surface area contributed by atoms with Crippen LogP contribution in [0.15, 0.2) is 72.8 Å². The van der Waals surface area contributed by atoms with Gasteiger partial charge in [0.15, 0.2) is 0 Å². The third-order valence-electron chi connectivity index (χ3n) is 3.46. The van der Waals surface area contributed by atoms with Crippen LogP contribution in [0, 0.1) is 0 Å². The Labute approximate surface area is 138 Å². The summed E-state index contributed by atoms with van der Waals surface area (Å²) in [6.45, 7) is 2.55. The van der Waals surface area contributed by atoms with E-state index in [0.717, 1.165) is 17.5 Å². The van der Waals surface area contributed by atoms with Gasteiger partial charge >= 0.3 is 5.97 Å². The van der Waals surface area contributed by atoms with Crippen LogP contribution in [0.4, 0.5) is 0 Å². The summed E-state index contributed by atoms with van der Waals surface area (Å²) in [4.78, 5) is 11.9. The lowest BCUT2D eigenvalue weighted by atomic mass is 9.99. The molecule has 0 bridgehead atoms. The van der Waals surface area contributed by atoms with Gasteiger partial charge in [-0.3, -0.25) is 10.1 Å². The predicted molar refractivity (Wildman–Crippen MR) is 93.1 cm³/mol. The maximum Gasteiger partial charge on any atom is 0.320 e. The summed E-state index contributed by atoms with van der Waals surface area (Å²) in [7, 11) is 0. The number of benzene rings is 2. The largest absolute Gasteiger partial charge is 0.461 e. The summed E-state index contributed by atoms with van der Waals surface area (Å²) >= 11 is 0. The van der Waals surface area contributed by atoms with Crippen molar-refractivity contribution in [2.45, 2.75) is 19.4 Å². The molecule has 0 atom stereocenters. The number of hydrogen-bond acceptors (Lipinski definition) is 3. The number of ether oxygens (including phenoxy) is 1. The minimum absolute atomic E-state index is 0.0314. The Morgan fingerprint density at radius 2 is 1.57 bits per heavy atom. The number of hydrogen-bond donors (Lipinski definition) is 1. The first-order chi connectivity index (χ1) is 11.3. The fourth-order valence-electron chi connectivity index (χ4n) is 2.33. The maximum absolute atomic E-state index is 11.9. The monoisotopic (exact) mass is 309 g/mol. The predicted octanol–water partition coefficient (Wildman–Crippen LogP) is 3.88. The molecule has 0 unspecified atom stereocenters. The lowest BCUT2D eigenvalue weighted by molar-refractivity contribution is -0.141. The molecule has 0 spiro atoms. The van der Waals surface area contributed by atoms with Gasteiger partial charge in [-0.1, -0.05) is 79.7 Å². The number of carbonyl (C=O) groups excluding carboxylic acids is 1. The molecule has 1 N–H and O–H groups in total. The molecule has 3 nitrogen and oxygen atoms in total. The summed E-state index contributed by atoms with van der Waals surface area (Å²) in [5.74, 6) is -0.248. The second kappa shape index (κ2) is 9.59. The van der Waals surface area contributed by atoms with E-state index >= 15 is 0 Å². The summed E-state index contributed by atoms with van der Waals surface area (Å²) in [5.41, 5.74) is 2.25. The molecular formula is C20H23NO2. The molecule has 2 rings (SSSR count). The zero-order valence-electron chi connectivity index (χ0n) is 13.4. The summed E-state index contributed by atoms with van der Waals surface area (Å²) in [6.07, 6.45) is 4.79. The maximum atomic E-state index is 11.9. The molecule has 0 saturated carbocycles. The topological polar surface area (TPSA) is 38.3 Å². The minimum atomic E-state index is -0.248. The fraction of sp³-hybridized carbons (Fsp3) is 0.250. The van der Waals surface area contributed by atoms with Crippen molar-refractivity contribution in [3.05, 3.63) is 83.9 Å². The zero-order valence-corrected chi connectivity index (χ0v) is 13.4. The molecule has 0 radical (unpaired) electrons. The Hall–Kier alpha value is -2.39. The third-order valence-corrected chi connectivity index (χ3v) is 3.46. The average Bonchev–Trinajstić information content (AvgIpc) is 2.61. The molecule has 0 fully saturated rings. The molecule has 0 aromatic heterocycles. The standard InChI is InChI=1S/C20H23NO2/c1-2-3-10-15-23-19(22)16-21-20(17-11-6-4-7-12-17)18-13-8-5-9-14-18/h3-14,20-21H,2,15-16H2,1H3. The highest BCUT2D eigenvalue weighted by Crippen LogP contribution is 2.21. The highest BCUT2D eigenvalue weighted by molar-refractivity contribution is 5.71. The van der Waals surface area contributed by atoms with E-state index < -0.39 is 0 Å². The van der Waals surface area contributed by atoms with Gasteiger partial charge < -0.3 is 4.74 Å². The van der Waals surface area contributed by atoms with Crippen LogP contribution in [-0.4, -0.2) is 19.1 Å². The van der Waals surface area contributed by atoms with Crippen molar-refractivity contribution in [3.8, 4) is 0 Å². The molecule has 0 aliphatic rings. The van der Waals surface area contributed by atoms with Gasteiger partial charge in [0.1, 0.15) is 6.61 Å². The Morgan fingerprint density at radius 1 is 1.00 bits per heavy atom. The normalized spacial score (nSPS) is 11.0. The zero-order chi connectivity index (χ0) is 16.3. The molecule has 2 aromatic carbocycles. The highest BCUT2D eigenvalue weighted by atomic mass is 16.5. The van der Waals surface area contributed by atoms with E-state index in [1.54, 1.807) is 0 Å². The summed E-state index contributed by atoms with van der Waals surface area (Å²) in [5, 5.41) is 3.29. The molecule has 0 heterocycles. The number of rotatable bonds is 8. The first-order valence-corrected chi connectivity index (χ1v) is 7.95. The van der Waals surface area contributed by atoms with E-state index in [9.17, 15) is 4.79 Å². The van der Waals surface area contributed by atoms with Crippen molar-refractivity contribution < 1.29 is 9.53 Å². The number of carbonyl (C=O) groups is 1. The first-order valence-electron chi connectivity index (χ1n) is 7.95. The van der Waals surface area contributed by atoms with E-state index in [-0.39, 0.29) is 18.6 Å². The SMILES string of the molecule is CCC=CCOC(=O)CNC(c1ccccc1)c1ccccc1. The van der Waals surface area contributed by atoms with Crippen LogP contribution in [0.25, 0.3) is 0 Å². The molecular weight excluding hydrogens is 286 g/mol. The Morgan fingerprint density at radius 3 is 2.09 bits per heavy atom. The van der Waals surface area contributed by atoms with E-state index in [1.807, 2.05) is 55.5 Å². The van der Waals surface area contributed by atoms with Crippen LogP contribution >= 0.6 is 0 Å². The quantitative estimate of drug-likeness (QED) is 0.594. The van der Waals surface area contributed by atoms with Gasteiger partial charge in [0.2, 0.25) is 0 Å². The van der Waals surface area contributed by atoms with Gasteiger partial charge in [-0.25, -0.2) is 0 Å². The van der Waals surface area contributed by atoms with Crippen LogP contribution in [-0.2, 0) is 9.53 Å². The van der Waals surface area contributed by atoms with Crippen molar-refractivity contribution in [1.29, 1.82) is 0 Å². The van der Waals surface area contributed by atoms with Gasteiger partial charge in [-0.05, 0) is 17.5 Å². The highest BCUT2D eigenvalue weighted by Gasteiger charge is 2.14. The number of nitrogens with one attached hydrogen (secondary N) is 1. The smallest absolute Gasteiger partial charge is 0.320 e. The average molecular weight is 309 g/mol. The summed E-state index contributed by atoms with van der Waals surface area (Å²) < 4.78 is 5.18. The van der Waals surface area contributed by atoms with Gasteiger partial charge in [0.05, 0.1) is 12.6 Å². The number of esters is 1. The lowest BCUT2D eigenvalue weighted by Crippen LogP contribution is -2.29. The van der Waals surface area contributed by atoms with Crippen molar-refractivity contribution >= 4 is 5.97 Å². The van der Waals surface area contributed by atoms with Gasteiger partial charge in [-0.2, -0.15) is 0 Å². The molecule has 3 heteroatoms. The molecule has 0 aliphatic heterocycles. The fourth-order valence-corrected chi connectivity index (χ4v) is 2.33. The van der Waals surface area contributed by atoms with Crippen LogP contribution in [0.3, 0.4) is 0 Å². The van der Waals surface area contributed by atoms with E-state index in [2.05, 4.69) is 29.6 Å². The van der Waals surface area contributed by atoms with Crippen molar-refractivity contribution in [2.24, 2.45) is 0 Å². The summed E-state index contributed by atoms with van der Waals surface area (Å²) in [6, 6.07) is 20.2. The molecule has 23 heavy (non-hydrogen) atoms. The first kappa shape index (κ1) is 17.0. The molecule has 0 amide bonds. The molecule has 2 aromatic rings. The minimum Gasteiger partial charge on any atom is -0.461 e. The molecule has 0 aliphatic carbocycles. The second-order valence-corrected chi connectivity index (χ2v) is 5.20. The molecule has 0 saturated heterocycles. The number of allylic oxidation sites excluding steroid dienone is 1. The van der Waals surface area contributed by atoms with Crippen molar-refractivity contribution in [3.63, 3.8) is 0 Å². The van der Waals surface area contributed by atoms with Crippen LogP contribution in [0.2, 0.25) is 0 Å². The van der Waals surface area contributed by atoms with Gasteiger partial charge in [0, 0.05) is 0 Å². The van der Waals surface area contributed by atoms with Gasteiger partial charge in [0.25, 0.3) is 0 Å². The van der Waals surface area contributed by atoms with Crippen LogP contribution in [0.1, 0.15) is 30.5 Å². The van der Waals surface area contributed by atoms with Crippen molar-refractivity contribution in [1.82, 2.24) is 5.32 Å². The van der Waals surface area contributed by atoms with E-state index in [1.165, 1.54) is 0 Å². The lowest BCUT2D eigenvalue weighted by Gasteiger charge is -2.19. The van der Waals surface area contributed by atoms with Crippen LogP contribution in [0.5, 0.6) is 0 Å². The van der Waals surface area contributed by atoms with E-state index in [4.69, 9.17) is 4.74 Å². The Bertz CT molecular complexity index is 569. The van der Waals surface area contributed by atoms with Gasteiger partial charge in [-0.15, -0.1) is 0 Å². The van der Waals surface area contributed by atoms with Crippen molar-refractivity contribution in [2.75, 3.05) is 13.2 Å².